The molecule has 0 bridgehead atoms. The van der Waals surface area contributed by atoms with E-state index < -0.39 is 8.80 Å². The van der Waals surface area contributed by atoms with E-state index in [1.54, 1.807) is 21.3 Å². The van der Waals surface area contributed by atoms with Gasteiger partial charge in [-0.2, -0.15) is 0 Å². The van der Waals surface area contributed by atoms with Crippen molar-refractivity contribution in [2.75, 3.05) is 35.4 Å². The maximum absolute atomic E-state index is 5.31. The minimum absolute atomic E-state index is 0.164. The Kier molecular flexibility index (Phi) is 4.96. The number of rotatable bonds is 5. The highest BCUT2D eigenvalue weighted by Gasteiger charge is 2.45. The fourth-order valence-corrected chi connectivity index (χ4v) is 3.23. The van der Waals surface area contributed by atoms with Crippen molar-refractivity contribution >= 4 is 8.80 Å². The molecule has 0 aliphatic rings. The van der Waals surface area contributed by atoms with Crippen LogP contribution in [0.5, 0.6) is 0 Å². The van der Waals surface area contributed by atoms with Crippen molar-refractivity contribution in [2.45, 2.75) is 12.6 Å². The summed E-state index contributed by atoms with van der Waals surface area (Å²) in [7, 11) is 6.37. The van der Waals surface area contributed by atoms with Crippen LogP contribution >= 0.6 is 0 Å². The predicted molar refractivity (Wildman–Crippen MR) is 49.9 cm³/mol. The first kappa shape index (κ1) is 12.1. The Labute approximate surface area is 75.8 Å². The molecule has 5 heteroatoms. The minimum Gasteiger partial charge on any atom is -0.376 e. The highest BCUT2D eigenvalue weighted by atomic mass is 28.4. The molecule has 0 rings (SSSR count). The van der Waals surface area contributed by atoms with Crippen LogP contribution in [0.4, 0.5) is 0 Å². The second-order valence-electron chi connectivity index (χ2n) is 2.86. The highest BCUT2D eigenvalue weighted by Crippen LogP contribution is 2.14. The first-order chi connectivity index (χ1) is 5.54. The Hall–Kier alpha value is 0.0569. The van der Waals surface area contributed by atoms with Gasteiger partial charge in [-0.05, 0) is 21.0 Å². The summed E-state index contributed by atoms with van der Waals surface area (Å²) in [4.78, 5) is 2.03. The molecular formula is C7H19NO3Si. The molecule has 0 aromatic carbocycles. The van der Waals surface area contributed by atoms with Gasteiger partial charge in [0.25, 0.3) is 0 Å². The fourth-order valence-electron chi connectivity index (χ4n) is 1.08. The predicted octanol–water partition coefficient (Wildman–Crippen LogP) is 0.354. The molecule has 1 atom stereocenters. The van der Waals surface area contributed by atoms with Crippen molar-refractivity contribution < 1.29 is 13.3 Å². The van der Waals surface area contributed by atoms with Crippen LogP contribution in [0.3, 0.4) is 0 Å². The lowest BCUT2D eigenvalue weighted by molar-refractivity contribution is 0.0916. The van der Waals surface area contributed by atoms with Crippen LogP contribution in [0.1, 0.15) is 6.92 Å². The van der Waals surface area contributed by atoms with Crippen molar-refractivity contribution in [3.8, 4) is 0 Å². The minimum atomic E-state index is -2.46. The lowest BCUT2D eigenvalue weighted by atomic mass is 10.7. The molecule has 1 unspecified atom stereocenters. The molecule has 12 heavy (non-hydrogen) atoms. The summed E-state index contributed by atoms with van der Waals surface area (Å²) >= 11 is 0. The average Bonchev–Trinajstić information content (AvgIpc) is 2.08. The Balaban J connectivity index is 4.46. The zero-order valence-corrected chi connectivity index (χ0v) is 9.75. The first-order valence-electron chi connectivity index (χ1n) is 3.86. The van der Waals surface area contributed by atoms with Gasteiger partial charge in [-0.25, -0.2) is 0 Å². The third kappa shape index (κ3) is 2.27. The molecule has 74 valence electrons. The van der Waals surface area contributed by atoms with Crippen LogP contribution in [-0.4, -0.2) is 54.8 Å². The summed E-state index contributed by atoms with van der Waals surface area (Å²) < 4.78 is 15.9. The van der Waals surface area contributed by atoms with Crippen molar-refractivity contribution in [1.29, 1.82) is 0 Å². The zero-order chi connectivity index (χ0) is 9.78. The molecular weight excluding hydrogens is 174 g/mol. The van der Waals surface area contributed by atoms with Gasteiger partial charge in [0.15, 0.2) is 0 Å². The Morgan fingerprint density at radius 3 is 1.42 bits per heavy atom. The smallest absolute Gasteiger partial charge is 0.376 e. The normalized spacial score (nSPS) is 15.2. The molecule has 0 spiro atoms. The van der Waals surface area contributed by atoms with Crippen LogP contribution in [0.25, 0.3) is 0 Å². The zero-order valence-electron chi connectivity index (χ0n) is 8.75. The molecule has 4 nitrogen and oxygen atoms in total. The molecule has 0 aromatic heterocycles. The molecule has 0 saturated carbocycles. The van der Waals surface area contributed by atoms with E-state index in [0.717, 1.165) is 0 Å². The largest absolute Gasteiger partial charge is 0.517 e. The summed E-state index contributed by atoms with van der Waals surface area (Å²) in [6.45, 7) is 2.03. The summed E-state index contributed by atoms with van der Waals surface area (Å²) in [5.74, 6) is 0. The standard InChI is InChI=1S/C7H19NO3Si/c1-7(8(2)3)12(9-4,10-5)11-6/h7H,1-6H3. The van der Waals surface area contributed by atoms with E-state index >= 15 is 0 Å². The van der Waals surface area contributed by atoms with E-state index in [1.165, 1.54) is 0 Å². The van der Waals surface area contributed by atoms with E-state index in [9.17, 15) is 0 Å². The van der Waals surface area contributed by atoms with Gasteiger partial charge in [-0.15, -0.1) is 0 Å². The third-order valence-corrected chi connectivity index (χ3v) is 5.39. The fraction of sp³-hybridized carbons (Fsp3) is 1.00. The van der Waals surface area contributed by atoms with Crippen LogP contribution in [0.2, 0.25) is 0 Å². The highest BCUT2D eigenvalue weighted by molar-refractivity contribution is 6.62. The molecule has 0 aliphatic heterocycles. The van der Waals surface area contributed by atoms with Gasteiger partial charge in [-0.1, -0.05) is 0 Å². The van der Waals surface area contributed by atoms with Gasteiger partial charge in [0.05, 0.1) is 5.67 Å². The molecule has 0 amide bonds. The second kappa shape index (κ2) is 4.93. The van der Waals surface area contributed by atoms with E-state index in [4.69, 9.17) is 13.3 Å². The lowest BCUT2D eigenvalue weighted by Crippen LogP contribution is -2.58. The quantitative estimate of drug-likeness (QED) is 0.590. The van der Waals surface area contributed by atoms with Crippen molar-refractivity contribution in [2.24, 2.45) is 0 Å². The topological polar surface area (TPSA) is 30.9 Å². The Bertz CT molecular complexity index is 120. The molecule has 0 aliphatic carbocycles. The summed E-state index contributed by atoms with van der Waals surface area (Å²) in [5.41, 5.74) is 0.164. The van der Waals surface area contributed by atoms with Crippen molar-refractivity contribution in [1.82, 2.24) is 4.90 Å². The van der Waals surface area contributed by atoms with Gasteiger partial charge < -0.3 is 18.2 Å². The van der Waals surface area contributed by atoms with Crippen LogP contribution in [-0.2, 0) is 13.3 Å². The lowest BCUT2D eigenvalue weighted by Gasteiger charge is -2.33. The first-order valence-corrected chi connectivity index (χ1v) is 5.66. The summed E-state index contributed by atoms with van der Waals surface area (Å²) in [6.07, 6.45) is 0. The van der Waals surface area contributed by atoms with Crippen molar-refractivity contribution in [3.63, 3.8) is 0 Å². The second-order valence-corrected chi connectivity index (χ2v) is 6.12. The maximum Gasteiger partial charge on any atom is 0.517 e. The molecule has 0 N–H and O–H groups in total. The van der Waals surface area contributed by atoms with Crippen LogP contribution in [0.15, 0.2) is 0 Å². The van der Waals surface area contributed by atoms with E-state index in [1.807, 2.05) is 25.9 Å². The van der Waals surface area contributed by atoms with Crippen LogP contribution < -0.4 is 0 Å². The SMILES string of the molecule is CO[Si](OC)(OC)C(C)N(C)C. The molecule has 0 radical (unpaired) electrons. The van der Waals surface area contributed by atoms with Gasteiger partial charge >= 0.3 is 8.80 Å². The van der Waals surface area contributed by atoms with E-state index in [2.05, 4.69) is 0 Å². The average molecular weight is 193 g/mol. The maximum atomic E-state index is 5.31. The molecule has 0 saturated heterocycles. The number of nitrogens with zero attached hydrogens (tertiary/aromatic N) is 1. The van der Waals surface area contributed by atoms with Crippen LogP contribution in [0, 0.1) is 0 Å². The summed E-state index contributed by atoms with van der Waals surface area (Å²) in [5, 5.41) is 0. The third-order valence-electron chi connectivity index (χ3n) is 2.14. The molecule has 0 aromatic rings. The van der Waals surface area contributed by atoms with E-state index in [-0.39, 0.29) is 5.67 Å². The Morgan fingerprint density at radius 1 is 1.00 bits per heavy atom. The van der Waals surface area contributed by atoms with Gasteiger partial charge in [-0.3, -0.25) is 0 Å². The van der Waals surface area contributed by atoms with E-state index in [0.29, 0.717) is 0 Å². The van der Waals surface area contributed by atoms with Gasteiger partial charge in [0.2, 0.25) is 0 Å². The number of hydrogen-bond acceptors (Lipinski definition) is 4. The summed E-state index contributed by atoms with van der Waals surface area (Å²) in [6, 6.07) is 0. The van der Waals surface area contributed by atoms with Crippen molar-refractivity contribution in [3.05, 3.63) is 0 Å². The van der Waals surface area contributed by atoms with Gasteiger partial charge in [0.1, 0.15) is 0 Å². The van der Waals surface area contributed by atoms with Gasteiger partial charge in [0, 0.05) is 21.3 Å². The number of hydrogen-bond donors (Lipinski definition) is 0. The monoisotopic (exact) mass is 193 g/mol. The molecule has 0 heterocycles. The Morgan fingerprint density at radius 2 is 1.33 bits per heavy atom. The molecule has 0 fully saturated rings.